The number of carbonyl (C=O) groups excluding carboxylic acids is 2. The molecule has 1 atom stereocenters. The van der Waals surface area contributed by atoms with Crippen molar-refractivity contribution in [1.29, 1.82) is 0 Å². The molecule has 2 aromatic rings. The molecule has 1 fully saturated rings. The molecule has 2 aliphatic rings. The molecule has 0 saturated carbocycles. The molecule has 2 aliphatic heterocycles. The van der Waals surface area contributed by atoms with E-state index in [2.05, 4.69) is 27.0 Å². The summed E-state index contributed by atoms with van der Waals surface area (Å²) in [6.45, 7) is 4.04. The molecule has 28 heavy (non-hydrogen) atoms. The number of halogens is 2. The third kappa shape index (κ3) is 3.60. The van der Waals surface area contributed by atoms with E-state index in [0.717, 1.165) is 40.1 Å². The number of rotatable bonds is 4. The van der Waals surface area contributed by atoms with Crippen molar-refractivity contribution in [2.24, 2.45) is 0 Å². The molecule has 0 radical (unpaired) electrons. The fourth-order valence-electron chi connectivity index (χ4n) is 4.26. The van der Waals surface area contributed by atoms with Gasteiger partial charge in [0, 0.05) is 41.6 Å². The summed E-state index contributed by atoms with van der Waals surface area (Å²) in [5, 5.41) is 0.723. The summed E-state index contributed by atoms with van der Waals surface area (Å²) in [7, 11) is 0. The van der Waals surface area contributed by atoms with Crippen LogP contribution in [0.2, 0.25) is 4.34 Å². The Hall–Kier alpha value is -1.44. The van der Waals surface area contributed by atoms with Crippen LogP contribution in [-0.2, 0) is 21.4 Å². The van der Waals surface area contributed by atoms with Crippen LogP contribution < -0.4 is 4.90 Å². The molecular weight excluding hydrogens is 462 g/mol. The first-order valence-electron chi connectivity index (χ1n) is 9.40. The first-order valence-corrected chi connectivity index (χ1v) is 11.4. The van der Waals surface area contributed by atoms with Crippen LogP contribution in [-0.4, -0.2) is 41.3 Å². The van der Waals surface area contributed by atoms with Gasteiger partial charge in [0.25, 0.3) is 0 Å². The van der Waals surface area contributed by atoms with Crippen molar-refractivity contribution in [3.05, 3.63) is 43.8 Å². The lowest BCUT2D eigenvalue weighted by Gasteiger charge is -2.26. The smallest absolute Gasteiger partial charge is 0.233 e. The van der Waals surface area contributed by atoms with Crippen molar-refractivity contribution < 1.29 is 9.59 Å². The second-order valence-corrected chi connectivity index (χ2v) is 10.1. The van der Waals surface area contributed by atoms with Gasteiger partial charge in [0.15, 0.2) is 0 Å². The second-order valence-electron chi connectivity index (χ2n) is 7.47. The van der Waals surface area contributed by atoms with Crippen LogP contribution in [0, 0.1) is 0 Å². The van der Waals surface area contributed by atoms with E-state index in [1.54, 1.807) is 6.20 Å². The van der Waals surface area contributed by atoms with E-state index in [0.29, 0.717) is 23.8 Å². The second kappa shape index (κ2) is 7.76. The SMILES string of the molecule is CCCC(=O)N1CCC2(C1)CN(C(=O)Cc1ncc(Cl)s1)c1ccc(Br)cc12. The zero-order valence-electron chi connectivity index (χ0n) is 15.6. The zero-order valence-corrected chi connectivity index (χ0v) is 18.7. The van der Waals surface area contributed by atoms with Crippen LogP contribution in [0.1, 0.15) is 36.8 Å². The number of likely N-dealkylation sites (tertiary alicyclic amines) is 1. The standard InChI is InChI=1S/C20H21BrClN3O2S/c1-2-3-18(26)24-7-6-20(11-24)12-25(15-5-4-13(21)8-14(15)20)19(27)9-17-23-10-16(22)28-17/h4-5,8,10H,2-3,6-7,9,11-12H2,1H3. The fourth-order valence-corrected chi connectivity index (χ4v) is 5.57. The molecule has 1 saturated heterocycles. The molecule has 5 nitrogen and oxygen atoms in total. The fraction of sp³-hybridized carbons (Fsp3) is 0.450. The van der Waals surface area contributed by atoms with Crippen molar-refractivity contribution in [3.8, 4) is 0 Å². The average Bonchev–Trinajstić information content (AvgIpc) is 3.35. The average molecular weight is 483 g/mol. The normalized spacial score (nSPS) is 20.8. The Morgan fingerprint density at radius 2 is 2.14 bits per heavy atom. The van der Waals surface area contributed by atoms with E-state index in [9.17, 15) is 9.59 Å². The maximum absolute atomic E-state index is 13.1. The minimum absolute atomic E-state index is 0.0183. The Kier molecular flexibility index (Phi) is 5.51. The molecule has 0 bridgehead atoms. The minimum atomic E-state index is -0.196. The molecular formula is C20H21BrClN3O2S. The van der Waals surface area contributed by atoms with E-state index in [-0.39, 0.29) is 23.7 Å². The maximum Gasteiger partial charge on any atom is 0.233 e. The van der Waals surface area contributed by atoms with Crippen molar-refractivity contribution in [1.82, 2.24) is 9.88 Å². The number of amides is 2. The predicted molar refractivity (Wildman–Crippen MR) is 115 cm³/mol. The molecule has 4 rings (SSSR count). The van der Waals surface area contributed by atoms with Crippen LogP contribution in [0.15, 0.2) is 28.9 Å². The summed E-state index contributed by atoms with van der Waals surface area (Å²) in [6, 6.07) is 6.07. The largest absolute Gasteiger partial charge is 0.342 e. The number of hydrogen-bond donors (Lipinski definition) is 0. The van der Waals surface area contributed by atoms with Gasteiger partial charge < -0.3 is 9.80 Å². The monoisotopic (exact) mass is 481 g/mol. The number of carbonyl (C=O) groups is 2. The molecule has 148 valence electrons. The van der Waals surface area contributed by atoms with Crippen LogP contribution in [0.5, 0.6) is 0 Å². The first-order chi connectivity index (χ1) is 13.4. The van der Waals surface area contributed by atoms with Crippen LogP contribution in [0.3, 0.4) is 0 Å². The summed E-state index contributed by atoms with van der Waals surface area (Å²) < 4.78 is 1.58. The lowest BCUT2D eigenvalue weighted by molar-refractivity contribution is -0.130. The Bertz CT molecular complexity index is 934. The number of benzene rings is 1. The third-order valence-electron chi connectivity index (χ3n) is 5.58. The van der Waals surface area contributed by atoms with E-state index in [4.69, 9.17) is 11.6 Å². The highest BCUT2D eigenvalue weighted by Crippen LogP contribution is 2.47. The van der Waals surface area contributed by atoms with Crippen LogP contribution >= 0.6 is 38.9 Å². The van der Waals surface area contributed by atoms with Crippen LogP contribution in [0.4, 0.5) is 5.69 Å². The van der Waals surface area contributed by atoms with Gasteiger partial charge in [0.1, 0.15) is 9.34 Å². The van der Waals surface area contributed by atoms with Gasteiger partial charge in [-0.15, -0.1) is 11.3 Å². The van der Waals surface area contributed by atoms with Gasteiger partial charge in [0.2, 0.25) is 11.8 Å². The number of fused-ring (bicyclic) bond motifs is 2. The number of aromatic nitrogens is 1. The molecule has 1 aromatic carbocycles. The quantitative estimate of drug-likeness (QED) is 0.648. The topological polar surface area (TPSA) is 53.5 Å². The summed E-state index contributed by atoms with van der Waals surface area (Å²) in [5.41, 5.74) is 1.90. The van der Waals surface area contributed by atoms with Crippen molar-refractivity contribution >= 4 is 56.4 Å². The summed E-state index contributed by atoms with van der Waals surface area (Å²) in [6.07, 6.45) is 4.13. The minimum Gasteiger partial charge on any atom is -0.342 e. The molecule has 1 aromatic heterocycles. The highest BCUT2D eigenvalue weighted by Gasteiger charge is 2.49. The summed E-state index contributed by atoms with van der Waals surface area (Å²) in [5.74, 6) is 0.225. The Balaban J connectivity index is 1.62. The number of hydrogen-bond acceptors (Lipinski definition) is 4. The maximum atomic E-state index is 13.1. The first kappa shape index (κ1) is 19.9. The highest BCUT2D eigenvalue weighted by molar-refractivity contribution is 9.10. The van der Waals surface area contributed by atoms with Gasteiger partial charge in [-0.3, -0.25) is 9.59 Å². The Labute approximate surface area is 181 Å². The zero-order chi connectivity index (χ0) is 19.9. The van der Waals surface area contributed by atoms with Crippen LogP contribution in [0.25, 0.3) is 0 Å². The number of nitrogens with zero attached hydrogens (tertiary/aromatic N) is 3. The lowest BCUT2D eigenvalue weighted by Crippen LogP contribution is -2.40. The van der Waals surface area contributed by atoms with Gasteiger partial charge in [-0.05, 0) is 36.6 Å². The Morgan fingerprint density at radius 1 is 1.32 bits per heavy atom. The van der Waals surface area contributed by atoms with E-state index in [1.807, 2.05) is 28.9 Å². The molecule has 1 spiro atoms. The molecule has 1 unspecified atom stereocenters. The van der Waals surface area contributed by atoms with Gasteiger partial charge in [-0.2, -0.15) is 0 Å². The molecule has 0 aliphatic carbocycles. The van der Waals surface area contributed by atoms with Crippen molar-refractivity contribution in [2.75, 3.05) is 24.5 Å². The summed E-state index contributed by atoms with van der Waals surface area (Å²) in [4.78, 5) is 33.6. The predicted octanol–water partition coefficient (Wildman–Crippen LogP) is 4.42. The Morgan fingerprint density at radius 3 is 2.86 bits per heavy atom. The van der Waals surface area contributed by atoms with Gasteiger partial charge in [-0.1, -0.05) is 34.5 Å². The number of anilines is 1. The number of thiazole rings is 1. The molecule has 0 N–H and O–H groups in total. The highest BCUT2D eigenvalue weighted by atomic mass is 79.9. The third-order valence-corrected chi connectivity index (χ3v) is 7.19. The molecule has 8 heteroatoms. The van der Waals surface area contributed by atoms with E-state index in [1.165, 1.54) is 11.3 Å². The molecule has 2 amide bonds. The van der Waals surface area contributed by atoms with Gasteiger partial charge in [-0.25, -0.2) is 4.98 Å². The van der Waals surface area contributed by atoms with Crippen molar-refractivity contribution in [3.63, 3.8) is 0 Å². The van der Waals surface area contributed by atoms with E-state index < -0.39 is 0 Å². The van der Waals surface area contributed by atoms with Gasteiger partial charge in [0.05, 0.1) is 12.6 Å². The van der Waals surface area contributed by atoms with Crippen molar-refractivity contribution in [2.45, 2.75) is 38.0 Å². The lowest BCUT2D eigenvalue weighted by atomic mass is 9.81. The summed E-state index contributed by atoms with van der Waals surface area (Å²) >= 11 is 10.9. The molecule has 3 heterocycles. The van der Waals surface area contributed by atoms with E-state index >= 15 is 0 Å². The van der Waals surface area contributed by atoms with Gasteiger partial charge >= 0.3 is 0 Å².